The lowest BCUT2D eigenvalue weighted by Crippen LogP contribution is -2.42. The van der Waals surface area contributed by atoms with Crippen molar-refractivity contribution in [1.29, 1.82) is 0 Å². The molecule has 0 radical (unpaired) electrons. The summed E-state index contributed by atoms with van der Waals surface area (Å²) >= 11 is 0. The molecule has 0 saturated heterocycles. The van der Waals surface area contributed by atoms with E-state index < -0.39 is 11.5 Å². The molecule has 0 aliphatic carbocycles. The number of fused-ring (bicyclic) bond motifs is 1. The van der Waals surface area contributed by atoms with Gasteiger partial charge in [-0.25, -0.2) is 4.79 Å². The number of nitrogens with zero attached hydrogens (tertiary/aromatic N) is 2. The predicted octanol–water partition coefficient (Wildman–Crippen LogP) is 3.51. The molecule has 0 atom stereocenters. The second kappa shape index (κ2) is 10.1. The zero-order chi connectivity index (χ0) is 24.1. The van der Waals surface area contributed by atoms with Crippen molar-refractivity contribution in [2.45, 2.75) is 20.0 Å². The minimum absolute atomic E-state index is 0.0815. The van der Waals surface area contributed by atoms with E-state index in [-0.39, 0.29) is 17.8 Å². The van der Waals surface area contributed by atoms with Gasteiger partial charge < -0.3 is 19.5 Å². The van der Waals surface area contributed by atoms with E-state index in [1.807, 2.05) is 6.92 Å². The second-order valence-electron chi connectivity index (χ2n) is 7.53. The molecule has 0 aliphatic rings. The molecule has 1 aromatic heterocycles. The molecule has 0 saturated carbocycles. The van der Waals surface area contributed by atoms with Gasteiger partial charge in [-0.2, -0.15) is 4.73 Å². The fourth-order valence-corrected chi connectivity index (χ4v) is 3.61. The molecule has 34 heavy (non-hydrogen) atoms. The predicted molar refractivity (Wildman–Crippen MR) is 126 cm³/mol. The highest BCUT2D eigenvalue weighted by atomic mass is 16.7. The van der Waals surface area contributed by atoms with Crippen molar-refractivity contribution in [3.63, 3.8) is 0 Å². The van der Waals surface area contributed by atoms with Crippen molar-refractivity contribution in [2.75, 3.05) is 13.7 Å². The van der Waals surface area contributed by atoms with Crippen LogP contribution in [0, 0.1) is 5.21 Å². The molecule has 0 amide bonds. The Kier molecular flexibility index (Phi) is 6.77. The lowest BCUT2D eigenvalue weighted by molar-refractivity contribution is -0.566. The third-order valence-corrected chi connectivity index (χ3v) is 5.28. The highest BCUT2D eigenvalue weighted by Gasteiger charge is 2.24. The van der Waals surface area contributed by atoms with E-state index in [1.165, 1.54) is 7.11 Å². The molecule has 3 aromatic carbocycles. The van der Waals surface area contributed by atoms with Crippen LogP contribution in [-0.4, -0.2) is 24.4 Å². The zero-order valence-electron chi connectivity index (χ0n) is 18.9. The van der Waals surface area contributed by atoms with Crippen LogP contribution in [0.25, 0.3) is 22.3 Å². The van der Waals surface area contributed by atoms with Gasteiger partial charge in [0.1, 0.15) is 12.4 Å². The Morgan fingerprint density at radius 2 is 1.71 bits per heavy atom. The van der Waals surface area contributed by atoms with Gasteiger partial charge in [0.2, 0.25) is 5.52 Å². The quantitative estimate of drug-likeness (QED) is 0.227. The van der Waals surface area contributed by atoms with E-state index in [9.17, 15) is 14.8 Å². The SMILES string of the molecule is CCCOc1ccc(-c2c(=O)n(OCc3ccccc3C(=O)OC)c3ccccc3[n+]2[O-])cc1. The first-order valence-electron chi connectivity index (χ1n) is 10.8. The molecule has 0 N–H and O–H groups in total. The number of aromatic nitrogens is 2. The summed E-state index contributed by atoms with van der Waals surface area (Å²) in [4.78, 5) is 31.4. The third-order valence-electron chi connectivity index (χ3n) is 5.28. The smallest absolute Gasteiger partial charge is 0.357 e. The van der Waals surface area contributed by atoms with Gasteiger partial charge in [0, 0.05) is 11.6 Å². The van der Waals surface area contributed by atoms with Gasteiger partial charge in [-0.05, 0) is 42.8 Å². The highest BCUT2D eigenvalue weighted by Crippen LogP contribution is 2.20. The van der Waals surface area contributed by atoms with Gasteiger partial charge in [0.25, 0.3) is 5.69 Å². The van der Waals surface area contributed by atoms with E-state index in [4.69, 9.17) is 14.3 Å². The number of para-hydroxylation sites is 2. The van der Waals surface area contributed by atoms with Crippen LogP contribution in [0.5, 0.6) is 5.75 Å². The topological polar surface area (TPSA) is 93.7 Å². The van der Waals surface area contributed by atoms with Gasteiger partial charge in [-0.15, -0.1) is 4.73 Å². The van der Waals surface area contributed by atoms with Crippen molar-refractivity contribution < 1.29 is 23.8 Å². The monoisotopic (exact) mass is 460 g/mol. The molecule has 4 rings (SSSR count). The number of methoxy groups -OCH3 is 1. The molecule has 0 unspecified atom stereocenters. The summed E-state index contributed by atoms with van der Waals surface area (Å²) in [6.45, 7) is 2.50. The van der Waals surface area contributed by atoms with Crippen LogP contribution in [0.3, 0.4) is 0 Å². The van der Waals surface area contributed by atoms with Crippen LogP contribution in [-0.2, 0) is 11.3 Å². The summed E-state index contributed by atoms with van der Waals surface area (Å²) in [7, 11) is 1.30. The normalized spacial score (nSPS) is 10.8. The van der Waals surface area contributed by atoms with Crippen molar-refractivity contribution in [2.24, 2.45) is 0 Å². The minimum Gasteiger partial charge on any atom is -0.618 e. The van der Waals surface area contributed by atoms with Gasteiger partial charge in [0.15, 0.2) is 5.52 Å². The van der Waals surface area contributed by atoms with E-state index in [0.717, 1.165) is 11.2 Å². The molecule has 0 spiro atoms. The maximum atomic E-state index is 13.5. The molecule has 1 heterocycles. The zero-order valence-corrected chi connectivity index (χ0v) is 18.9. The Morgan fingerprint density at radius 1 is 1.00 bits per heavy atom. The third kappa shape index (κ3) is 4.43. The molecule has 174 valence electrons. The Bertz CT molecular complexity index is 1380. The molecular weight excluding hydrogens is 436 g/mol. The number of ether oxygens (including phenoxy) is 2. The van der Waals surface area contributed by atoms with Crippen molar-refractivity contribution in [3.8, 4) is 17.0 Å². The average Bonchev–Trinajstić information content (AvgIpc) is 2.88. The van der Waals surface area contributed by atoms with E-state index in [1.54, 1.807) is 72.8 Å². The number of hydrogen-bond donors (Lipinski definition) is 0. The average molecular weight is 460 g/mol. The van der Waals surface area contributed by atoms with Crippen molar-refractivity contribution in [1.82, 2.24) is 4.73 Å². The minimum atomic E-state index is -0.619. The second-order valence-corrected chi connectivity index (χ2v) is 7.53. The van der Waals surface area contributed by atoms with Gasteiger partial charge >= 0.3 is 11.5 Å². The Balaban J connectivity index is 1.78. The number of carbonyl (C=O) groups is 1. The summed E-state index contributed by atoms with van der Waals surface area (Å²) in [6.07, 6.45) is 0.869. The molecule has 8 heteroatoms. The molecule has 0 fully saturated rings. The highest BCUT2D eigenvalue weighted by molar-refractivity contribution is 5.90. The summed E-state index contributed by atoms with van der Waals surface area (Å²) in [5, 5.41) is 13.2. The Hall–Kier alpha value is -4.33. The van der Waals surface area contributed by atoms with Gasteiger partial charge in [-0.1, -0.05) is 37.3 Å². The maximum absolute atomic E-state index is 13.5. The fraction of sp³-hybridized carbons (Fsp3) is 0.192. The van der Waals surface area contributed by atoms with Crippen molar-refractivity contribution in [3.05, 3.63) is 99.5 Å². The Labute approximate surface area is 196 Å². The van der Waals surface area contributed by atoms with Crippen LogP contribution < -0.4 is 19.9 Å². The largest absolute Gasteiger partial charge is 0.618 e. The number of carbonyl (C=O) groups excluding carboxylic acids is 1. The first kappa shape index (κ1) is 22.8. The van der Waals surface area contributed by atoms with Crippen LogP contribution in [0.15, 0.2) is 77.6 Å². The van der Waals surface area contributed by atoms with E-state index in [2.05, 4.69) is 0 Å². The first-order valence-corrected chi connectivity index (χ1v) is 10.8. The molecule has 8 nitrogen and oxygen atoms in total. The number of esters is 1. The summed E-state index contributed by atoms with van der Waals surface area (Å²) < 4.78 is 12.1. The van der Waals surface area contributed by atoms with Gasteiger partial charge in [-0.3, -0.25) is 4.79 Å². The van der Waals surface area contributed by atoms with Crippen LogP contribution in [0.2, 0.25) is 0 Å². The molecule has 0 aliphatic heterocycles. The molecule has 0 bridgehead atoms. The summed E-state index contributed by atoms with van der Waals surface area (Å²) in [6, 6.07) is 20.3. The molecule has 4 aromatic rings. The molecular formula is C26H24N2O6. The lowest BCUT2D eigenvalue weighted by atomic mass is 10.1. The van der Waals surface area contributed by atoms with Crippen LogP contribution in [0.4, 0.5) is 0 Å². The first-order chi connectivity index (χ1) is 16.5. The van der Waals surface area contributed by atoms with E-state index >= 15 is 0 Å². The standard InChI is InChI=1S/C26H24N2O6/c1-3-16-33-20-14-12-18(13-15-20)24-25(29)28(23-11-7-6-10-22(23)27(24)31)34-17-19-8-4-5-9-21(19)26(30)32-2/h4-15H,3,16-17H2,1-2H3. The fourth-order valence-electron chi connectivity index (χ4n) is 3.61. The van der Waals surface area contributed by atoms with E-state index in [0.29, 0.717) is 39.3 Å². The summed E-state index contributed by atoms with van der Waals surface area (Å²) in [5.41, 5.74) is 1.19. The number of hydrogen-bond acceptors (Lipinski definition) is 6. The maximum Gasteiger partial charge on any atom is 0.357 e. The summed E-state index contributed by atoms with van der Waals surface area (Å²) in [5.74, 6) is 0.146. The van der Waals surface area contributed by atoms with Crippen LogP contribution >= 0.6 is 0 Å². The lowest BCUT2D eigenvalue weighted by Gasteiger charge is -2.15. The van der Waals surface area contributed by atoms with Crippen LogP contribution in [0.1, 0.15) is 29.3 Å². The number of rotatable bonds is 8. The van der Waals surface area contributed by atoms with Gasteiger partial charge in [0.05, 0.1) is 24.8 Å². The Morgan fingerprint density at radius 3 is 2.44 bits per heavy atom. The number of benzene rings is 3. The van der Waals surface area contributed by atoms with Crippen molar-refractivity contribution >= 4 is 17.0 Å².